The van der Waals surface area contributed by atoms with Crippen molar-refractivity contribution in [1.82, 2.24) is 4.90 Å². The number of nitriles is 1. The summed E-state index contributed by atoms with van der Waals surface area (Å²) in [5.74, 6) is 0.0741. The van der Waals surface area contributed by atoms with Gasteiger partial charge >= 0.3 is 0 Å². The van der Waals surface area contributed by atoms with E-state index < -0.39 is 11.6 Å². The van der Waals surface area contributed by atoms with Crippen molar-refractivity contribution in [2.45, 2.75) is 44.4 Å². The number of likely N-dealkylation sites (tertiary alicyclic amines) is 1. The number of anilines is 1. The molecule has 0 bridgehead atoms. The number of nitrogens with one attached hydrogen (secondary N) is 1. The molecule has 1 fully saturated rings. The van der Waals surface area contributed by atoms with E-state index in [-0.39, 0.29) is 11.9 Å². The first-order chi connectivity index (χ1) is 9.94. The second-order valence-corrected chi connectivity index (χ2v) is 6.34. The lowest BCUT2D eigenvalue weighted by Crippen LogP contribution is -2.55. The van der Waals surface area contributed by atoms with E-state index in [1.54, 1.807) is 17.0 Å². The number of aliphatic hydroxyl groups is 1. The van der Waals surface area contributed by atoms with Crippen LogP contribution in [0.3, 0.4) is 0 Å². The highest BCUT2D eigenvalue weighted by Gasteiger charge is 2.45. The highest BCUT2D eigenvalue weighted by atomic mass is 16.3. The van der Waals surface area contributed by atoms with Gasteiger partial charge in [0.15, 0.2) is 0 Å². The SMILES string of the molecule is CC1(C)Nc2ccc(C#N)cc2[C@H](N2CCCC2=O)[C@H]1O. The summed E-state index contributed by atoms with van der Waals surface area (Å²) in [4.78, 5) is 13.9. The fourth-order valence-electron chi connectivity index (χ4n) is 3.28. The zero-order valence-electron chi connectivity index (χ0n) is 12.3. The topological polar surface area (TPSA) is 76.4 Å². The maximum atomic E-state index is 12.1. The molecule has 0 spiro atoms. The summed E-state index contributed by atoms with van der Waals surface area (Å²) >= 11 is 0. The summed E-state index contributed by atoms with van der Waals surface area (Å²) in [7, 11) is 0. The standard InChI is InChI=1S/C16H19N3O2/c1-16(2)15(21)14(19-7-3-4-13(19)20)11-8-10(9-17)5-6-12(11)18-16/h5-6,8,14-15,18,21H,3-4,7H2,1-2H3/t14-,15+/m0/s1. The van der Waals surface area contributed by atoms with E-state index in [4.69, 9.17) is 5.26 Å². The molecule has 1 amide bonds. The van der Waals surface area contributed by atoms with Crippen molar-refractivity contribution in [1.29, 1.82) is 5.26 Å². The average molecular weight is 285 g/mol. The Balaban J connectivity index is 2.12. The van der Waals surface area contributed by atoms with E-state index in [1.165, 1.54) is 0 Å². The third-order valence-corrected chi connectivity index (χ3v) is 4.44. The number of amides is 1. The number of fused-ring (bicyclic) bond motifs is 1. The van der Waals surface area contributed by atoms with Crippen LogP contribution in [0.15, 0.2) is 18.2 Å². The molecule has 2 N–H and O–H groups in total. The minimum atomic E-state index is -0.721. The highest BCUT2D eigenvalue weighted by molar-refractivity contribution is 5.79. The molecule has 1 aromatic rings. The van der Waals surface area contributed by atoms with Crippen LogP contribution in [-0.2, 0) is 4.79 Å². The van der Waals surface area contributed by atoms with Crippen molar-refractivity contribution >= 4 is 11.6 Å². The minimum Gasteiger partial charge on any atom is -0.388 e. The van der Waals surface area contributed by atoms with E-state index in [1.807, 2.05) is 19.9 Å². The van der Waals surface area contributed by atoms with Crippen LogP contribution in [0.1, 0.15) is 43.9 Å². The van der Waals surface area contributed by atoms with E-state index in [2.05, 4.69) is 11.4 Å². The summed E-state index contributed by atoms with van der Waals surface area (Å²) in [6, 6.07) is 7.12. The van der Waals surface area contributed by atoms with Gasteiger partial charge in [-0.1, -0.05) is 0 Å². The van der Waals surface area contributed by atoms with Crippen LogP contribution in [0.5, 0.6) is 0 Å². The van der Waals surface area contributed by atoms with Crippen molar-refractivity contribution in [2.24, 2.45) is 0 Å². The second-order valence-electron chi connectivity index (χ2n) is 6.34. The maximum absolute atomic E-state index is 12.1. The van der Waals surface area contributed by atoms with Crippen molar-refractivity contribution < 1.29 is 9.90 Å². The number of carbonyl (C=O) groups excluding carboxylic acids is 1. The first kappa shape index (κ1) is 13.9. The number of benzene rings is 1. The van der Waals surface area contributed by atoms with Crippen LogP contribution in [0.25, 0.3) is 0 Å². The van der Waals surface area contributed by atoms with Crippen molar-refractivity contribution in [3.63, 3.8) is 0 Å². The molecule has 21 heavy (non-hydrogen) atoms. The predicted octanol–water partition coefficient (Wildman–Crippen LogP) is 1.79. The minimum absolute atomic E-state index is 0.0741. The molecule has 1 saturated heterocycles. The predicted molar refractivity (Wildman–Crippen MR) is 78.6 cm³/mol. The Labute approximate surface area is 124 Å². The molecule has 5 heteroatoms. The number of hydrogen-bond acceptors (Lipinski definition) is 4. The number of hydrogen-bond donors (Lipinski definition) is 2. The molecule has 2 aliphatic heterocycles. The third kappa shape index (κ3) is 2.16. The highest BCUT2D eigenvalue weighted by Crippen LogP contribution is 2.42. The number of rotatable bonds is 1. The van der Waals surface area contributed by atoms with Gasteiger partial charge in [-0.3, -0.25) is 4.79 Å². The zero-order chi connectivity index (χ0) is 15.2. The van der Waals surface area contributed by atoms with Gasteiger partial charge in [-0.25, -0.2) is 0 Å². The van der Waals surface area contributed by atoms with Crippen molar-refractivity contribution in [3.8, 4) is 6.07 Å². The fraction of sp³-hybridized carbons (Fsp3) is 0.500. The van der Waals surface area contributed by atoms with E-state index >= 15 is 0 Å². The Hall–Kier alpha value is -2.06. The van der Waals surface area contributed by atoms with Crippen LogP contribution < -0.4 is 5.32 Å². The van der Waals surface area contributed by atoms with E-state index in [0.29, 0.717) is 18.5 Å². The zero-order valence-corrected chi connectivity index (χ0v) is 12.3. The molecule has 0 aliphatic carbocycles. The van der Waals surface area contributed by atoms with Crippen LogP contribution >= 0.6 is 0 Å². The van der Waals surface area contributed by atoms with Gasteiger partial charge in [0.2, 0.25) is 5.91 Å². The largest absolute Gasteiger partial charge is 0.388 e. The van der Waals surface area contributed by atoms with Gasteiger partial charge in [0.05, 0.1) is 23.2 Å². The molecule has 1 aromatic carbocycles. The Morgan fingerprint density at radius 2 is 2.24 bits per heavy atom. The third-order valence-electron chi connectivity index (χ3n) is 4.44. The summed E-state index contributed by atoms with van der Waals surface area (Å²) in [6.45, 7) is 4.51. The number of aliphatic hydroxyl groups excluding tert-OH is 1. The summed E-state index contributed by atoms with van der Waals surface area (Å²) in [5, 5.41) is 23.2. The first-order valence-corrected chi connectivity index (χ1v) is 7.24. The fourth-order valence-corrected chi connectivity index (χ4v) is 3.28. The Kier molecular flexibility index (Phi) is 3.14. The Morgan fingerprint density at radius 3 is 2.86 bits per heavy atom. The van der Waals surface area contributed by atoms with Gasteiger partial charge in [-0.2, -0.15) is 5.26 Å². The molecule has 2 heterocycles. The molecule has 0 aromatic heterocycles. The lowest BCUT2D eigenvalue weighted by molar-refractivity contribution is -0.133. The quantitative estimate of drug-likeness (QED) is 0.824. The van der Waals surface area contributed by atoms with Gasteiger partial charge in [0.1, 0.15) is 6.10 Å². The summed E-state index contributed by atoms with van der Waals surface area (Å²) in [6.07, 6.45) is 0.633. The monoisotopic (exact) mass is 285 g/mol. The molecule has 0 unspecified atom stereocenters. The molecular formula is C16H19N3O2. The van der Waals surface area contributed by atoms with Crippen LogP contribution in [0.4, 0.5) is 5.69 Å². The van der Waals surface area contributed by atoms with E-state index in [9.17, 15) is 9.90 Å². The lowest BCUT2D eigenvalue weighted by atomic mass is 9.81. The molecule has 0 saturated carbocycles. The molecule has 2 atom stereocenters. The van der Waals surface area contributed by atoms with Gasteiger partial charge in [-0.15, -0.1) is 0 Å². The van der Waals surface area contributed by atoms with Crippen LogP contribution in [0.2, 0.25) is 0 Å². The van der Waals surface area contributed by atoms with Crippen molar-refractivity contribution in [3.05, 3.63) is 29.3 Å². The first-order valence-electron chi connectivity index (χ1n) is 7.24. The molecule has 5 nitrogen and oxygen atoms in total. The smallest absolute Gasteiger partial charge is 0.223 e. The molecule has 3 rings (SSSR count). The van der Waals surface area contributed by atoms with E-state index in [0.717, 1.165) is 17.7 Å². The Bertz CT molecular complexity index is 633. The lowest BCUT2D eigenvalue weighted by Gasteiger charge is -2.46. The molecule has 0 radical (unpaired) electrons. The molecule has 2 aliphatic rings. The Morgan fingerprint density at radius 1 is 1.48 bits per heavy atom. The van der Waals surface area contributed by atoms with Gasteiger partial charge in [-0.05, 0) is 38.5 Å². The molecular weight excluding hydrogens is 266 g/mol. The molecule has 110 valence electrons. The second kappa shape index (κ2) is 4.74. The van der Waals surface area contributed by atoms with Gasteiger partial charge < -0.3 is 15.3 Å². The van der Waals surface area contributed by atoms with Crippen LogP contribution in [0, 0.1) is 11.3 Å². The average Bonchev–Trinajstić information content (AvgIpc) is 2.86. The van der Waals surface area contributed by atoms with Crippen molar-refractivity contribution in [2.75, 3.05) is 11.9 Å². The number of nitrogens with zero attached hydrogens (tertiary/aromatic N) is 2. The number of carbonyl (C=O) groups is 1. The van der Waals surface area contributed by atoms with Gasteiger partial charge in [0, 0.05) is 24.2 Å². The summed E-state index contributed by atoms with van der Waals surface area (Å²) in [5.41, 5.74) is 1.72. The maximum Gasteiger partial charge on any atom is 0.223 e. The van der Waals surface area contributed by atoms with Crippen LogP contribution in [-0.4, -0.2) is 34.1 Å². The van der Waals surface area contributed by atoms with Gasteiger partial charge in [0.25, 0.3) is 0 Å². The normalized spacial score (nSPS) is 27.0. The summed E-state index contributed by atoms with van der Waals surface area (Å²) < 4.78 is 0.